The molecule has 7 nitrogen and oxygen atoms in total. The van der Waals surface area contributed by atoms with E-state index in [0.29, 0.717) is 32.6 Å². The number of hydrogen-bond acceptors (Lipinski definition) is 6. The van der Waals surface area contributed by atoms with Crippen LogP contribution in [0.15, 0.2) is 12.1 Å². The summed E-state index contributed by atoms with van der Waals surface area (Å²) in [6, 6.07) is 2.14. The quantitative estimate of drug-likeness (QED) is 0.641. The average Bonchev–Trinajstić information content (AvgIpc) is 2.54. The minimum Gasteiger partial charge on any atom is -0.494 e. The van der Waals surface area contributed by atoms with Crippen molar-refractivity contribution in [3.05, 3.63) is 28.1 Å². The van der Waals surface area contributed by atoms with Gasteiger partial charge in [0.15, 0.2) is 11.6 Å². The SMILES string of the molecule is COc1cc(NCC2(OC)CCOCC2)c([N+](=O)[O-])cc1F. The highest BCUT2D eigenvalue weighted by atomic mass is 19.1. The van der Waals surface area contributed by atoms with Gasteiger partial charge >= 0.3 is 0 Å². The summed E-state index contributed by atoms with van der Waals surface area (Å²) in [5, 5.41) is 14.1. The van der Waals surface area contributed by atoms with E-state index in [1.54, 1.807) is 7.11 Å². The predicted octanol–water partition coefficient (Wildman–Crippen LogP) is 2.35. The van der Waals surface area contributed by atoms with E-state index < -0.39 is 16.3 Å². The van der Waals surface area contributed by atoms with Gasteiger partial charge in [-0.1, -0.05) is 0 Å². The molecule has 8 heteroatoms. The third kappa shape index (κ3) is 3.45. The Morgan fingerprint density at radius 2 is 2.09 bits per heavy atom. The van der Waals surface area contributed by atoms with E-state index in [1.807, 2.05) is 0 Å². The Hall–Kier alpha value is -1.93. The highest BCUT2D eigenvalue weighted by Gasteiger charge is 2.33. The number of nitrogens with one attached hydrogen (secondary N) is 1. The van der Waals surface area contributed by atoms with Crippen LogP contribution in [0.5, 0.6) is 5.75 Å². The summed E-state index contributed by atoms with van der Waals surface area (Å²) in [6.45, 7) is 1.51. The Labute approximate surface area is 127 Å². The number of rotatable bonds is 6. The number of halogens is 1. The molecule has 0 atom stereocenters. The topological polar surface area (TPSA) is 82.9 Å². The molecule has 1 aromatic rings. The number of hydrogen-bond donors (Lipinski definition) is 1. The molecule has 0 saturated carbocycles. The average molecular weight is 314 g/mol. The first-order valence-corrected chi connectivity index (χ1v) is 6.90. The molecule has 0 unspecified atom stereocenters. The molecule has 0 aliphatic carbocycles. The zero-order valence-electron chi connectivity index (χ0n) is 12.6. The zero-order valence-corrected chi connectivity index (χ0v) is 12.6. The molecular weight excluding hydrogens is 295 g/mol. The van der Waals surface area contributed by atoms with Gasteiger partial charge < -0.3 is 19.5 Å². The molecule has 1 fully saturated rings. The van der Waals surface area contributed by atoms with E-state index in [1.165, 1.54) is 13.2 Å². The molecule has 1 aromatic carbocycles. The van der Waals surface area contributed by atoms with Crippen LogP contribution < -0.4 is 10.1 Å². The van der Waals surface area contributed by atoms with Crippen molar-refractivity contribution in [1.29, 1.82) is 0 Å². The summed E-state index contributed by atoms with van der Waals surface area (Å²) in [6.07, 6.45) is 1.37. The van der Waals surface area contributed by atoms with Gasteiger partial charge in [0, 0.05) is 45.8 Å². The van der Waals surface area contributed by atoms with Gasteiger partial charge in [0.1, 0.15) is 5.69 Å². The van der Waals surface area contributed by atoms with Crippen LogP contribution in [0.25, 0.3) is 0 Å². The number of ether oxygens (including phenoxy) is 3. The third-order valence-electron chi connectivity index (χ3n) is 3.90. The van der Waals surface area contributed by atoms with Crippen LogP contribution in [0.3, 0.4) is 0 Å². The largest absolute Gasteiger partial charge is 0.494 e. The standard InChI is InChI=1S/C14H19FN2O5/c1-20-13-8-11(12(17(18)19)7-10(13)15)16-9-14(21-2)3-5-22-6-4-14/h7-8,16H,3-6,9H2,1-2H3. The summed E-state index contributed by atoms with van der Waals surface area (Å²) in [5.74, 6) is -0.821. The minimum atomic E-state index is -0.771. The maximum Gasteiger partial charge on any atom is 0.295 e. The summed E-state index contributed by atoms with van der Waals surface area (Å²) in [7, 11) is 2.91. The van der Waals surface area contributed by atoms with Gasteiger partial charge in [0.05, 0.1) is 23.7 Å². The second kappa shape index (κ2) is 6.89. The maximum atomic E-state index is 13.6. The van der Waals surface area contributed by atoms with E-state index in [-0.39, 0.29) is 17.1 Å². The normalized spacial score (nSPS) is 17.0. The van der Waals surface area contributed by atoms with Crippen LogP contribution in [0.2, 0.25) is 0 Å². The summed E-state index contributed by atoms with van der Waals surface area (Å²) in [5.41, 5.74) is -0.587. The molecular formula is C14H19FN2O5. The minimum absolute atomic E-state index is 0.0495. The summed E-state index contributed by atoms with van der Waals surface area (Å²) >= 11 is 0. The Morgan fingerprint density at radius 1 is 1.41 bits per heavy atom. The second-order valence-electron chi connectivity index (χ2n) is 5.11. The lowest BCUT2D eigenvalue weighted by Crippen LogP contribution is -2.44. The van der Waals surface area contributed by atoms with Crippen molar-refractivity contribution in [2.24, 2.45) is 0 Å². The van der Waals surface area contributed by atoms with E-state index in [0.717, 1.165) is 6.07 Å². The van der Waals surface area contributed by atoms with Gasteiger partial charge in [-0.25, -0.2) is 4.39 Å². The molecule has 22 heavy (non-hydrogen) atoms. The molecule has 2 rings (SSSR count). The Bertz CT molecular complexity index is 546. The van der Waals surface area contributed by atoms with Crippen molar-refractivity contribution in [3.63, 3.8) is 0 Å². The van der Waals surface area contributed by atoms with E-state index in [2.05, 4.69) is 5.32 Å². The van der Waals surface area contributed by atoms with Crippen molar-refractivity contribution < 1.29 is 23.5 Å². The van der Waals surface area contributed by atoms with Crippen LogP contribution in [0.1, 0.15) is 12.8 Å². The van der Waals surface area contributed by atoms with Crippen molar-refractivity contribution in [3.8, 4) is 5.75 Å². The number of methoxy groups -OCH3 is 2. The van der Waals surface area contributed by atoms with Gasteiger partial charge in [-0.2, -0.15) is 0 Å². The Kier molecular flexibility index (Phi) is 5.15. The van der Waals surface area contributed by atoms with E-state index >= 15 is 0 Å². The summed E-state index contributed by atoms with van der Waals surface area (Å²) in [4.78, 5) is 10.5. The Balaban J connectivity index is 2.22. The monoisotopic (exact) mass is 314 g/mol. The van der Waals surface area contributed by atoms with Gasteiger partial charge in [0.25, 0.3) is 5.69 Å². The van der Waals surface area contributed by atoms with Crippen LogP contribution in [0.4, 0.5) is 15.8 Å². The molecule has 1 N–H and O–H groups in total. The molecule has 0 amide bonds. The predicted molar refractivity (Wildman–Crippen MR) is 77.9 cm³/mol. The first-order valence-electron chi connectivity index (χ1n) is 6.90. The fraction of sp³-hybridized carbons (Fsp3) is 0.571. The lowest BCUT2D eigenvalue weighted by atomic mass is 9.94. The smallest absolute Gasteiger partial charge is 0.295 e. The lowest BCUT2D eigenvalue weighted by molar-refractivity contribution is -0.384. The van der Waals surface area contributed by atoms with Crippen molar-refractivity contribution >= 4 is 11.4 Å². The number of nitrogens with zero attached hydrogens (tertiary/aromatic N) is 1. The first kappa shape index (κ1) is 16.4. The van der Waals surface area contributed by atoms with Gasteiger partial charge in [0.2, 0.25) is 0 Å². The van der Waals surface area contributed by atoms with E-state index in [9.17, 15) is 14.5 Å². The highest BCUT2D eigenvalue weighted by molar-refractivity contribution is 5.64. The van der Waals surface area contributed by atoms with Crippen molar-refractivity contribution in [1.82, 2.24) is 0 Å². The highest BCUT2D eigenvalue weighted by Crippen LogP contribution is 2.33. The fourth-order valence-electron chi connectivity index (χ4n) is 2.44. The first-order chi connectivity index (χ1) is 10.5. The van der Waals surface area contributed by atoms with Crippen LogP contribution in [-0.2, 0) is 9.47 Å². The van der Waals surface area contributed by atoms with Gasteiger partial charge in [-0.3, -0.25) is 10.1 Å². The number of benzene rings is 1. The number of anilines is 1. The van der Waals surface area contributed by atoms with Crippen molar-refractivity contribution in [2.75, 3.05) is 39.3 Å². The molecule has 1 aliphatic rings. The molecule has 0 bridgehead atoms. The molecule has 0 aromatic heterocycles. The number of nitro benzene ring substituents is 1. The van der Waals surface area contributed by atoms with E-state index in [4.69, 9.17) is 14.2 Å². The molecule has 0 spiro atoms. The lowest BCUT2D eigenvalue weighted by Gasteiger charge is -2.36. The van der Waals surface area contributed by atoms with Crippen molar-refractivity contribution in [2.45, 2.75) is 18.4 Å². The fourth-order valence-corrected chi connectivity index (χ4v) is 2.44. The molecule has 1 saturated heterocycles. The summed E-state index contributed by atoms with van der Waals surface area (Å²) < 4.78 is 29.4. The van der Waals surface area contributed by atoms with Crippen LogP contribution >= 0.6 is 0 Å². The molecule has 1 aliphatic heterocycles. The van der Waals surface area contributed by atoms with Gasteiger partial charge in [-0.05, 0) is 0 Å². The third-order valence-corrected chi connectivity index (χ3v) is 3.90. The van der Waals surface area contributed by atoms with Crippen LogP contribution in [0, 0.1) is 15.9 Å². The maximum absolute atomic E-state index is 13.6. The molecule has 122 valence electrons. The number of nitro groups is 1. The molecule has 0 radical (unpaired) electrons. The zero-order chi connectivity index (χ0) is 16.2. The Morgan fingerprint density at radius 3 is 2.64 bits per heavy atom. The second-order valence-corrected chi connectivity index (χ2v) is 5.11. The van der Waals surface area contributed by atoms with Crippen LogP contribution in [-0.4, -0.2) is 44.5 Å². The molecule has 1 heterocycles. The van der Waals surface area contributed by atoms with Gasteiger partial charge in [-0.15, -0.1) is 0 Å².